The summed E-state index contributed by atoms with van der Waals surface area (Å²) in [7, 11) is 0. The molecule has 1 aromatic heterocycles. The molecule has 0 bridgehead atoms. The molecule has 1 amide bonds. The highest BCUT2D eigenvalue weighted by Gasteiger charge is 2.21. The fourth-order valence-electron chi connectivity index (χ4n) is 1.97. The molecule has 0 aromatic carbocycles. The number of furan rings is 1. The van der Waals surface area contributed by atoms with Gasteiger partial charge in [0.05, 0.1) is 12.3 Å². The number of carbonyl (C=O) groups excluding carboxylic acids is 1. The topological polar surface area (TPSA) is 42.2 Å². The van der Waals surface area contributed by atoms with Gasteiger partial charge in [-0.3, -0.25) is 4.79 Å². The van der Waals surface area contributed by atoms with Crippen molar-refractivity contribution in [2.45, 2.75) is 32.2 Å². The molecule has 2 rings (SSSR count). The van der Waals surface area contributed by atoms with E-state index in [1.54, 1.807) is 6.26 Å². The number of rotatable bonds is 3. The van der Waals surface area contributed by atoms with E-state index in [0.29, 0.717) is 0 Å². The molecule has 16 heavy (non-hydrogen) atoms. The van der Waals surface area contributed by atoms with Crippen molar-refractivity contribution in [2.75, 3.05) is 0 Å². The molecule has 0 fully saturated rings. The van der Waals surface area contributed by atoms with Crippen LogP contribution < -0.4 is 5.32 Å². The van der Waals surface area contributed by atoms with Crippen LogP contribution in [0.3, 0.4) is 0 Å². The molecule has 3 heteroatoms. The van der Waals surface area contributed by atoms with Gasteiger partial charge < -0.3 is 9.73 Å². The molecule has 1 heterocycles. The Morgan fingerprint density at radius 1 is 1.56 bits per heavy atom. The number of allylic oxidation sites excluding steroid dienone is 2. The molecule has 0 aliphatic heterocycles. The van der Waals surface area contributed by atoms with Crippen LogP contribution >= 0.6 is 0 Å². The minimum absolute atomic E-state index is 0.0478. The van der Waals surface area contributed by atoms with Crippen LogP contribution in [0.4, 0.5) is 0 Å². The third-order valence-electron chi connectivity index (χ3n) is 2.97. The predicted octanol–water partition coefficient (Wildman–Crippen LogP) is 2.81. The van der Waals surface area contributed by atoms with Gasteiger partial charge in [-0.25, -0.2) is 0 Å². The summed E-state index contributed by atoms with van der Waals surface area (Å²) in [4.78, 5) is 11.9. The molecule has 3 nitrogen and oxygen atoms in total. The Bertz CT molecular complexity index is 367. The standard InChI is InChI=1S/C13H17NO2/c1-10(12-8-5-9-16-12)14-13(15)11-6-3-2-4-7-11/h2-3,5,8-11H,4,6-7H2,1H3,(H,14,15). The third-order valence-corrected chi connectivity index (χ3v) is 2.97. The molecule has 0 saturated heterocycles. The average molecular weight is 219 g/mol. The van der Waals surface area contributed by atoms with E-state index >= 15 is 0 Å². The van der Waals surface area contributed by atoms with Gasteiger partial charge in [0.25, 0.3) is 0 Å². The lowest BCUT2D eigenvalue weighted by Crippen LogP contribution is -2.33. The Hall–Kier alpha value is -1.51. The van der Waals surface area contributed by atoms with Crippen LogP contribution in [0.25, 0.3) is 0 Å². The fourth-order valence-corrected chi connectivity index (χ4v) is 1.97. The molecule has 0 radical (unpaired) electrons. The Kier molecular flexibility index (Phi) is 3.44. The zero-order valence-corrected chi connectivity index (χ0v) is 9.48. The van der Waals surface area contributed by atoms with Crippen molar-refractivity contribution in [1.82, 2.24) is 5.32 Å². The van der Waals surface area contributed by atoms with Crippen LogP contribution in [-0.2, 0) is 4.79 Å². The Labute approximate surface area is 95.5 Å². The summed E-state index contributed by atoms with van der Waals surface area (Å²) in [6.45, 7) is 1.94. The van der Waals surface area contributed by atoms with Crippen LogP contribution in [0.5, 0.6) is 0 Å². The monoisotopic (exact) mass is 219 g/mol. The van der Waals surface area contributed by atoms with Crippen molar-refractivity contribution in [3.05, 3.63) is 36.3 Å². The van der Waals surface area contributed by atoms with E-state index in [1.807, 2.05) is 19.1 Å². The fraction of sp³-hybridized carbons (Fsp3) is 0.462. The predicted molar refractivity (Wildman–Crippen MR) is 61.7 cm³/mol. The number of carbonyl (C=O) groups is 1. The maximum Gasteiger partial charge on any atom is 0.224 e. The van der Waals surface area contributed by atoms with Gasteiger partial charge >= 0.3 is 0 Å². The lowest BCUT2D eigenvalue weighted by atomic mass is 9.93. The lowest BCUT2D eigenvalue weighted by Gasteiger charge is -2.19. The van der Waals surface area contributed by atoms with Crippen LogP contribution in [0.15, 0.2) is 35.0 Å². The van der Waals surface area contributed by atoms with Crippen molar-refractivity contribution >= 4 is 5.91 Å². The molecular formula is C13H17NO2. The first-order valence-corrected chi connectivity index (χ1v) is 5.76. The molecule has 0 saturated carbocycles. The smallest absolute Gasteiger partial charge is 0.224 e. The highest BCUT2D eigenvalue weighted by atomic mass is 16.3. The summed E-state index contributed by atoms with van der Waals surface area (Å²) < 4.78 is 5.25. The summed E-state index contributed by atoms with van der Waals surface area (Å²) in [5.41, 5.74) is 0. The normalized spacial score (nSPS) is 21.7. The number of hydrogen-bond donors (Lipinski definition) is 1. The highest BCUT2D eigenvalue weighted by molar-refractivity contribution is 5.79. The first-order valence-electron chi connectivity index (χ1n) is 5.76. The van der Waals surface area contributed by atoms with Crippen LogP contribution in [0.1, 0.15) is 38.0 Å². The molecular weight excluding hydrogens is 202 g/mol. The van der Waals surface area contributed by atoms with Crippen molar-refractivity contribution in [3.63, 3.8) is 0 Å². The Balaban J connectivity index is 1.89. The minimum Gasteiger partial charge on any atom is -0.467 e. The van der Waals surface area contributed by atoms with Crippen molar-refractivity contribution in [1.29, 1.82) is 0 Å². The quantitative estimate of drug-likeness (QED) is 0.794. The summed E-state index contributed by atoms with van der Waals surface area (Å²) >= 11 is 0. The van der Waals surface area contributed by atoms with Gasteiger partial charge in [0.2, 0.25) is 5.91 Å². The second-order valence-corrected chi connectivity index (χ2v) is 4.23. The van der Waals surface area contributed by atoms with E-state index in [-0.39, 0.29) is 17.9 Å². The van der Waals surface area contributed by atoms with E-state index in [4.69, 9.17) is 4.42 Å². The van der Waals surface area contributed by atoms with Gasteiger partial charge in [-0.15, -0.1) is 0 Å². The van der Waals surface area contributed by atoms with Gasteiger partial charge in [-0.2, -0.15) is 0 Å². The Morgan fingerprint density at radius 3 is 3.06 bits per heavy atom. The van der Waals surface area contributed by atoms with Gasteiger partial charge in [-0.05, 0) is 38.3 Å². The van der Waals surface area contributed by atoms with Gasteiger partial charge in [0, 0.05) is 5.92 Å². The second-order valence-electron chi connectivity index (χ2n) is 4.23. The zero-order chi connectivity index (χ0) is 11.4. The molecule has 1 aliphatic rings. The van der Waals surface area contributed by atoms with Gasteiger partial charge in [-0.1, -0.05) is 12.2 Å². The number of hydrogen-bond acceptors (Lipinski definition) is 2. The molecule has 1 aromatic rings. The van der Waals surface area contributed by atoms with E-state index in [0.717, 1.165) is 25.0 Å². The zero-order valence-electron chi connectivity index (χ0n) is 9.48. The Morgan fingerprint density at radius 2 is 2.44 bits per heavy atom. The SMILES string of the molecule is CC(NC(=O)C1CC=CCC1)c1ccco1. The molecule has 86 valence electrons. The molecule has 2 atom stereocenters. The van der Waals surface area contributed by atoms with Crippen LogP contribution in [0.2, 0.25) is 0 Å². The largest absolute Gasteiger partial charge is 0.467 e. The van der Waals surface area contributed by atoms with Crippen LogP contribution in [0, 0.1) is 5.92 Å². The summed E-state index contributed by atoms with van der Waals surface area (Å²) in [6, 6.07) is 3.67. The van der Waals surface area contributed by atoms with Gasteiger partial charge in [0.1, 0.15) is 5.76 Å². The molecule has 1 aliphatic carbocycles. The highest BCUT2D eigenvalue weighted by Crippen LogP contribution is 2.20. The number of amides is 1. The average Bonchev–Trinajstić information content (AvgIpc) is 2.83. The van der Waals surface area contributed by atoms with Crippen LogP contribution in [-0.4, -0.2) is 5.91 Å². The van der Waals surface area contributed by atoms with E-state index in [9.17, 15) is 4.79 Å². The maximum atomic E-state index is 11.9. The second kappa shape index (κ2) is 5.01. The molecule has 0 spiro atoms. The third kappa shape index (κ3) is 2.54. The van der Waals surface area contributed by atoms with Gasteiger partial charge in [0.15, 0.2) is 0 Å². The summed E-state index contributed by atoms with van der Waals surface area (Å²) in [5, 5.41) is 2.99. The van der Waals surface area contributed by atoms with E-state index in [1.165, 1.54) is 0 Å². The molecule has 1 N–H and O–H groups in total. The first-order chi connectivity index (χ1) is 7.77. The maximum absolute atomic E-state index is 11.9. The van der Waals surface area contributed by atoms with E-state index in [2.05, 4.69) is 17.5 Å². The number of nitrogens with one attached hydrogen (secondary N) is 1. The minimum atomic E-state index is -0.0478. The van der Waals surface area contributed by atoms with Crippen molar-refractivity contribution in [3.8, 4) is 0 Å². The van der Waals surface area contributed by atoms with Crippen molar-refractivity contribution < 1.29 is 9.21 Å². The first kappa shape index (κ1) is 11.0. The summed E-state index contributed by atoms with van der Waals surface area (Å²) in [5.74, 6) is 1.07. The van der Waals surface area contributed by atoms with E-state index < -0.39 is 0 Å². The molecule has 2 unspecified atom stereocenters. The summed E-state index contributed by atoms with van der Waals surface area (Å²) in [6.07, 6.45) is 8.67. The van der Waals surface area contributed by atoms with Crippen molar-refractivity contribution in [2.24, 2.45) is 5.92 Å². The lowest BCUT2D eigenvalue weighted by molar-refractivity contribution is -0.126.